The summed E-state index contributed by atoms with van der Waals surface area (Å²) in [5, 5.41) is 19.4. The summed E-state index contributed by atoms with van der Waals surface area (Å²) < 4.78 is 0. The Morgan fingerprint density at radius 1 is 1.10 bits per heavy atom. The SMILES string of the molecule is Cc1ccc(N2C(=O)C(O)=C(C(=O)c3ccc(C(C)C)cc3)C2c2ncc(C)s2)nn1. The van der Waals surface area contributed by atoms with Crippen LogP contribution in [0.3, 0.4) is 0 Å². The number of aliphatic hydroxyl groups excluding tert-OH is 1. The van der Waals surface area contributed by atoms with Crippen LogP contribution in [0.4, 0.5) is 5.82 Å². The lowest BCUT2D eigenvalue weighted by molar-refractivity contribution is -0.117. The molecule has 1 aliphatic rings. The Hall–Kier alpha value is -3.39. The fourth-order valence-corrected chi connectivity index (χ4v) is 4.38. The van der Waals surface area contributed by atoms with Crippen molar-refractivity contribution < 1.29 is 14.7 Å². The highest BCUT2D eigenvalue weighted by Crippen LogP contribution is 2.42. The Labute approximate surface area is 184 Å². The van der Waals surface area contributed by atoms with Crippen molar-refractivity contribution in [1.29, 1.82) is 0 Å². The molecular weight excluding hydrogens is 412 g/mol. The first kappa shape index (κ1) is 20.9. The van der Waals surface area contributed by atoms with E-state index in [-0.39, 0.29) is 11.4 Å². The lowest BCUT2D eigenvalue weighted by atomic mass is 9.95. The number of ketones is 1. The van der Waals surface area contributed by atoms with Crippen LogP contribution >= 0.6 is 11.3 Å². The molecule has 1 amide bonds. The summed E-state index contributed by atoms with van der Waals surface area (Å²) in [5.41, 5.74) is 2.18. The van der Waals surface area contributed by atoms with E-state index in [2.05, 4.69) is 29.0 Å². The third kappa shape index (κ3) is 3.74. The lowest BCUT2D eigenvalue weighted by Crippen LogP contribution is -2.32. The predicted octanol–water partition coefficient (Wildman–Crippen LogP) is 4.46. The first-order valence-electron chi connectivity index (χ1n) is 9.92. The molecule has 1 atom stereocenters. The highest BCUT2D eigenvalue weighted by molar-refractivity contribution is 7.11. The number of benzene rings is 1. The zero-order chi connectivity index (χ0) is 22.3. The Balaban J connectivity index is 1.81. The summed E-state index contributed by atoms with van der Waals surface area (Å²) in [6.45, 7) is 7.82. The standard InChI is InChI=1S/C23H22N4O3S/c1-12(2)15-6-8-16(9-7-15)20(28)18-19(22-24-11-14(4)31-22)27(23(30)21(18)29)17-10-5-13(3)25-26-17/h5-12,19,29H,1-4H3. The number of thiazole rings is 1. The summed E-state index contributed by atoms with van der Waals surface area (Å²) in [6.07, 6.45) is 1.68. The first-order chi connectivity index (χ1) is 14.8. The Morgan fingerprint density at radius 3 is 2.35 bits per heavy atom. The van der Waals surface area contributed by atoms with Crippen molar-refractivity contribution in [3.8, 4) is 0 Å². The van der Waals surface area contributed by atoms with Crippen LogP contribution in [-0.2, 0) is 4.79 Å². The molecule has 0 saturated carbocycles. The molecule has 7 nitrogen and oxygen atoms in total. The van der Waals surface area contributed by atoms with E-state index in [9.17, 15) is 14.7 Å². The molecule has 0 bridgehead atoms. The van der Waals surface area contributed by atoms with Crippen molar-refractivity contribution >= 4 is 28.8 Å². The maximum atomic E-state index is 13.4. The minimum Gasteiger partial charge on any atom is -0.503 e. The van der Waals surface area contributed by atoms with E-state index in [4.69, 9.17) is 0 Å². The van der Waals surface area contributed by atoms with Gasteiger partial charge in [-0.1, -0.05) is 38.1 Å². The molecule has 0 radical (unpaired) electrons. The molecule has 3 heterocycles. The quantitative estimate of drug-likeness (QED) is 0.596. The molecule has 0 saturated heterocycles. The van der Waals surface area contributed by atoms with Crippen molar-refractivity contribution in [2.24, 2.45) is 0 Å². The van der Waals surface area contributed by atoms with Gasteiger partial charge in [-0.3, -0.25) is 14.5 Å². The Morgan fingerprint density at radius 2 is 1.81 bits per heavy atom. The minimum absolute atomic E-state index is 0.000906. The topological polar surface area (TPSA) is 96.3 Å². The van der Waals surface area contributed by atoms with Gasteiger partial charge in [-0.15, -0.1) is 16.4 Å². The van der Waals surface area contributed by atoms with Gasteiger partial charge in [0.15, 0.2) is 17.4 Å². The molecule has 8 heteroatoms. The van der Waals surface area contributed by atoms with Crippen molar-refractivity contribution in [3.63, 3.8) is 0 Å². The van der Waals surface area contributed by atoms with Gasteiger partial charge in [0.25, 0.3) is 5.91 Å². The molecule has 4 rings (SSSR count). The summed E-state index contributed by atoms with van der Waals surface area (Å²) in [6, 6.07) is 9.71. The summed E-state index contributed by atoms with van der Waals surface area (Å²) in [5.74, 6) is -1.12. The van der Waals surface area contributed by atoms with E-state index in [1.165, 1.54) is 16.2 Å². The van der Waals surface area contributed by atoms with Crippen LogP contribution < -0.4 is 4.90 Å². The van der Waals surface area contributed by atoms with E-state index < -0.39 is 23.5 Å². The van der Waals surface area contributed by atoms with Gasteiger partial charge in [-0.2, -0.15) is 5.10 Å². The molecule has 0 spiro atoms. The summed E-state index contributed by atoms with van der Waals surface area (Å²) in [7, 11) is 0. The van der Waals surface area contributed by atoms with E-state index in [0.29, 0.717) is 22.2 Å². The zero-order valence-electron chi connectivity index (χ0n) is 17.7. The molecule has 0 aliphatic carbocycles. The van der Waals surface area contributed by atoms with Crippen LogP contribution in [0.25, 0.3) is 0 Å². The lowest BCUT2D eigenvalue weighted by Gasteiger charge is -2.23. The highest BCUT2D eigenvalue weighted by atomic mass is 32.1. The summed E-state index contributed by atoms with van der Waals surface area (Å²) >= 11 is 1.36. The predicted molar refractivity (Wildman–Crippen MR) is 118 cm³/mol. The van der Waals surface area contributed by atoms with Crippen LogP contribution in [0.2, 0.25) is 0 Å². The maximum Gasteiger partial charge on any atom is 0.295 e. The van der Waals surface area contributed by atoms with Crippen LogP contribution in [0, 0.1) is 13.8 Å². The molecule has 1 unspecified atom stereocenters. The van der Waals surface area contributed by atoms with E-state index in [0.717, 1.165) is 10.4 Å². The second kappa shape index (κ2) is 8.03. The highest BCUT2D eigenvalue weighted by Gasteiger charge is 2.46. The molecule has 1 aromatic carbocycles. The molecule has 2 aromatic heterocycles. The van der Waals surface area contributed by atoms with Crippen molar-refractivity contribution in [2.75, 3.05) is 4.90 Å². The van der Waals surface area contributed by atoms with E-state index in [1.54, 1.807) is 37.4 Å². The van der Waals surface area contributed by atoms with Crippen LogP contribution in [0.1, 0.15) is 57.3 Å². The first-order valence-corrected chi connectivity index (χ1v) is 10.7. The van der Waals surface area contributed by atoms with Gasteiger partial charge in [0.2, 0.25) is 0 Å². The molecule has 158 valence electrons. The third-order valence-corrected chi connectivity index (χ3v) is 6.16. The number of amides is 1. The van der Waals surface area contributed by atoms with Gasteiger partial charge in [-0.05, 0) is 37.5 Å². The maximum absolute atomic E-state index is 13.4. The fraction of sp³-hybridized carbons (Fsp3) is 0.261. The number of carbonyl (C=O) groups excluding carboxylic acids is 2. The van der Waals surface area contributed by atoms with Crippen LogP contribution in [0.15, 0.2) is 53.9 Å². The van der Waals surface area contributed by atoms with Gasteiger partial charge in [-0.25, -0.2) is 4.98 Å². The average Bonchev–Trinajstić information content (AvgIpc) is 3.29. The van der Waals surface area contributed by atoms with Gasteiger partial charge >= 0.3 is 0 Å². The second-order valence-corrected chi connectivity index (χ2v) is 9.05. The number of hydrogen-bond donors (Lipinski definition) is 1. The van der Waals surface area contributed by atoms with E-state index in [1.807, 2.05) is 19.1 Å². The second-order valence-electron chi connectivity index (χ2n) is 7.79. The number of hydrogen-bond acceptors (Lipinski definition) is 7. The molecule has 31 heavy (non-hydrogen) atoms. The number of carbonyl (C=O) groups is 2. The van der Waals surface area contributed by atoms with Crippen molar-refractivity contribution in [1.82, 2.24) is 15.2 Å². The largest absolute Gasteiger partial charge is 0.503 e. The molecule has 1 aliphatic heterocycles. The molecule has 3 aromatic rings. The number of aromatic nitrogens is 3. The number of nitrogens with zero attached hydrogens (tertiary/aromatic N) is 4. The summed E-state index contributed by atoms with van der Waals surface area (Å²) in [4.78, 5) is 33.1. The zero-order valence-corrected chi connectivity index (χ0v) is 18.5. The Kier molecular flexibility index (Phi) is 5.41. The average molecular weight is 435 g/mol. The van der Waals surface area contributed by atoms with E-state index >= 15 is 0 Å². The van der Waals surface area contributed by atoms with Crippen molar-refractivity contribution in [3.05, 3.63) is 80.6 Å². The third-order valence-electron chi connectivity index (χ3n) is 5.20. The van der Waals surface area contributed by atoms with Crippen LogP contribution in [0.5, 0.6) is 0 Å². The molecule has 1 N–H and O–H groups in total. The minimum atomic E-state index is -0.875. The monoisotopic (exact) mass is 434 g/mol. The number of aryl methyl sites for hydroxylation is 2. The van der Waals surface area contributed by atoms with Gasteiger partial charge in [0, 0.05) is 16.6 Å². The number of Topliss-reactive ketones (excluding diaryl/α,β-unsaturated/α-hetero) is 1. The van der Waals surface area contributed by atoms with Crippen molar-refractivity contribution in [2.45, 2.75) is 39.7 Å². The number of rotatable bonds is 5. The number of anilines is 1. The molecule has 0 fully saturated rings. The van der Waals surface area contributed by atoms with Gasteiger partial charge in [0.05, 0.1) is 11.3 Å². The van der Waals surface area contributed by atoms with Crippen LogP contribution in [-0.4, -0.2) is 32.0 Å². The molecular formula is C23H22N4O3S. The normalized spacial score (nSPS) is 16.5. The Bertz CT molecular complexity index is 1180. The number of aliphatic hydroxyl groups is 1. The van der Waals surface area contributed by atoms with Gasteiger partial charge < -0.3 is 5.11 Å². The fourth-order valence-electron chi connectivity index (χ4n) is 3.50. The smallest absolute Gasteiger partial charge is 0.295 e. The van der Waals surface area contributed by atoms with Gasteiger partial charge in [0.1, 0.15) is 11.0 Å².